The third-order valence-electron chi connectivity index (χ3n) is 3.32. The van der Waals surface area contributed by atoms with Crippen LogP contribution in [0.3, 0.4) is 0 Å². The van der Waals surface area contributed by atoms with Crippen LogP contribution in [0.2, 0.25) is 0 Å². The number of hydrogen-bond donors (Lipinski definition) is 1. The molecule has 0 bridgehead atoms. The van der Waals surface area contributed by atoms with Crippen LogP contribution in [0, 0.1) is 0 Å². The van der Waals surface area contributed by atoms with Crippen LogP contribution in [0.25, 0.3) is 0 Å². The number of alkyl halides is 3. The summed E-state index contributed by atoms with van der Waals surface area (Å²) in [6.07, 6.45) is -4.40. The molecule has 0 aliphatic heterocycles. The zero-order chi connectivity index (χ0) is 18.6. The van der Waals surface area contributed by atoms with Crippen molar-refractivity contribution in [3.63, 3.8) is 0 Å². The monoisotopic (exact) mass is 418 g/mol. The van der Waals surface area contributed by atoms with Gasteiger partial charge >= 0.3 is 6.18 Å². The molecule has 0 saturated heterocycles. The van der Waals surface area contributed by atoms with Crippen LogP contribution < -0.4 is 5.32 Å². The predicted octanol–water partition coefficient (Wildman–Crippen LogP) is 3.45. The molecule has 1 aromatic heterocycles. The summed E-state index contributed by atoms with van der Waals surface area (Å²) in [6, 6.07) is 7.55. The molecule has 9 heteroatoms. The van der Waals surface area contributed by atoms with Crippen LogP contribution in [0.4, 0.5) is 13.2 Å². The van der Waals surface area contributed by atoms with Crippen molar-refractivity contribution in [3.05, 3.63) is 58.0 Å². The molecule has 1 aromatic carbocycles. The minimum atomic E-state index is -4.40. The Morgan fingerprint density at radius 1 is 1.16 bits per heavy atom. The van der Waals surface area contributed by atoms with E-state index in [1.54, 1.807) is 6.07 Å². The van der Waals surface area contributed by atoms with Crippen molar-refractivity contribution < 1.29 is 27.2 Å². The molecule has 0 fully saturated rings. The van der Waals surface area contributed by atoms with Gasteiger partial charge < -0.3 is 14.6 Å². The second kappa shape index (κ2) is 7.73. The molecule has 0 saturated carbocycles. The Morgan fingerprint density at radius 2 is 1.80 bits per heavy atom. The summed E-state index contributed by atoms with van der Waals surface area (Å²) in [6.45, 7) is -0.132. The summed E-state index contributed by atoms with van der Waals surface area (Å²) < 4.78 is 43.0. The number of benzene rings is 1. The molecule has 2 amide bonds. The number of amides is 2. The Kier molecular flexibility index (Phi) is 5.89. The first-order chi connectivity index (χ1) is 11.7. The summed E-state index contributed by atoms with van der Waals surface area (Å²) in [5.41, 5.74) is -0.202. The van der Waals surface area contributed by atoms with Gasteiger partial charge in [-0.15, -0.1) is 0 Å². The normalized spacial score (nSPS) is 11.2. The van der Waals surface area contributed by atoms with E-state index in [4.69, 9.17) is 4.42 Å². The van der Waals surface area contributed by atoms with Gasteiger partial charge in [0.2, 0.25) is 5.91 Å². The lowest BCUT2D eigenvalue weighted by Crippen LogP contribution is -2.37. The fraction of sp³-hybridized carbons (Fsp3) is 0.250. The highest BCUT2D eigenvalue weighted by molar-refractivity contribution is 9.10. The molecule has 1 N–H and O–H groups in total. The van der Waals surface area contributed by atoms with Crippen molar-refractivity contribution in [3.8, 4) is 0 Å². The second-order valence-electron chi connectivity index (χ2n) is 5.23. The highest BCUT2D eigenvalue weighted by Crippen LogP contribution is 2.29. The van der Waals surface area contributed by atoms with Gasteiger partial charge in [-0.1, -0.05) is 12.1 Å². The molecule has 0 aliphatic rings. The molecule has 0 spiro atoms. The molecular formula is C16H14BrF3N2O3. The SMILES string of the molecule is CN(Cc1ccc(C(F)(F)F)cc1)C(=O)CNC(=O)c1ccc(Br)o1. The van der Waals surface area contributed by atoms with E-state index in [-0.39, 0.29) is 24.8 Å². The summed E-state index contributed by atoms with van der Waals surface area (Å²) in [5.74, 6) is -0.870. The number of carbonyl (C=O) groups excluding carboxylic acids is 2. The summed E-state index contributed by atoms with van der Waals surface area (Å²) >= 11 is 3.07. The second-order valence-corrected chi connectivity index (χ2v) is 6.01. The highest BCUT2D eigenvalue weighted by Gasteiger charge is 2.30. The molecule has 25 heavy (non-hydrogen) atoms. The Labute approximate surface area is 149 Å². The molecule has 0 aliphatic carbocycles. The third kappa shape index (κ3) is 5.35. The first kappa shape index (κ1) is 19.0. The van der Waals surface area contributed by atoms with E-state index < -0.39 is 17.6 Å². The van der Waals surface area contributed by atoms with Crippen LogP contribution in [-0.2, 0) is 17.5 Å². The molecule has 5 nitrogen and oxygen atoms in total. The van der Waals surface area contributed by atoms with Crippen molar-refractivity contribution in [2.75, 3.05) is 13.6 Å². The van der Waals surface area contributed by atoms with E-state index in [2.05, 4.69) is 21.2 Å². The van der Waals surface area contributed by atoms with Gasteiger partial charge in [0.05, 0.1) is 12.1 Å². The molecular weight excluding hydrogens is 405 g/mol. The lowest BCUT2D eigenvalue weighted by Gasteiger charge is -2.18. The maximum absolute atomic E-state index is 12.5. The number of rotatable bonds is 5. The van der Waals surface area contributed by atoms with Crippen LogP contribution in [0.5, 0.6) is 0 Å². The summed E-state index contributed by atoms with van der Waals surface area (Å²) in [7, 11) is 1.50. The van der Waals surface area contributed by atoms with Crippen LogP contribution in [0.15, 0.2) is 45.5 Å². The van der Waals surface area contributed by atoms with E-state index >= 15 is 0 Å². The number of nitrogens with one attached hydrogen (secondary N) is 1. The van der Waals surface area contributed by atoms with Crippen molar-refractivity contribution in [2.24, 2.45) is 0 Å². The average molecular weight is 419 g/mol. The van der Waals surface area contributed by atoms with Gasteiger partial charge in [-0.05, 0) is 45.8 Å². The van der Waals surface area contributed by atoms with Crippen molar-refractivity contribution >= 4 is 27.7 Å². The lowest BCUT2D eigenvalue weighted by atomic mass is 10.1. The van der Waals surface area contributed by atoms with E-state index in [1.165, 1.54) is 30.1 Å². The van der Waals surface area contributed by atoms with Crippen molar-refractivity contribution in [1.82, 2.24) is 10.2 Å². The van der Waals surface area contributed by atoms with Gasteiger partial charge in [-0.2, -0.15) is 13.2 Å². The summed E-state index contributed by atoms with van der Waals surface area (Å²) in [4.78, 5) is 25.1. The quantitative estimate of drug-likeness (QED) is 0.808. The number of likely N-dealkylation sites (N-methyl/N-ethyl adjacent to an activating group) is 1. The minimum absolute atomic E-state index is 0.0602. The number of hydrogen-bond acceptors (Lipinski definition) is 3. The largest absolute Gasteiger partial charge is 0.444 e. The van der Waals surface area contributed by atoms with Gasteiger partial charge in [-0.25, -0.2) is 0 Å². The number of nitrogens with zero attached hydrogens (tertiary/aromatic N) is 1. The Hall–Kier alpha value is -2.29. The maximum Gasteiger partial charge on any atom is 0.416 e. The molecule has 2 rings (SSSR count). The smallest absolute Gasteiger partial charge is 0.416 e. The fourth-order valence-electron chi connectivity index (χ4n) is 1.98. The Morgan fingerprint density at radius 3 is 2.32 bits per heavy atom. The van der Waals surface area contributed by atoms with Gasteiger partial charge in [-0.3, -0.25) is 9.59 Å². The number of carbonyl (C=O) groups is 2. The van der Waals surface area contributed by atoms with E-state index in [0.717, 1.165) is 12.1 Å². The van der Waals surface area contributed by atoms with Gasteiger partial charge in [0.15, 0.2) is 10.4 Å². The van der Waals surface area contributed by atoms with Crippen LogP contribution in [0.1, 0.15) is 21.7 Å². The zero-order valence-electron chi connectivity index (χ0n) is 13.1. The lowest BCUT2D eigenvalue weighted by molar-refractivity contribution is -0.137. The molecule has 0 radical (unpaired) electrons. The maximum atomic E-state index is 12.5. The standard InChI is InChI=1S/C16H14BrF3N2O3/c1-22(9-10-2-4-11(5-3-10)16(18,19)20)14(23)8-21-15(24)12-6-7-13(17)25-12/h2-7H,8-9H2,1H3,(H,21,24). The molecule has 2 aromatic rings. The number of halogens is 4. The zero-order valence-corrected chi connectivity index (χ0v) is 14.6. The van der Waals surface area contributed by atoms with E-state index in [0.29, 0.717) is 10.2 Å². The molecule has 134 valence electrons. The van der Waals surface area contributed by atoms with Crippen LogP contribution in [-0.4, -0.2) is 30.3 Å². The minimum Gasteiger partial charge on any atom is -0.444 e. The Bertz CT molecular complexity index is 757. The van der Waals surface area contributed by atoms with Crippen LogP contribution >= 0.6 is 15.9 Å². The average Bonchev–Trinajstić information content (AvgIpc) is 2.98. The van der Waals surface area contributed by atoms with E-state index in [1.807, 2.05) is 0 Å². The predicted molar refractivity (Wildman–Crippen MR) is 86.7 cm³/mol. The van der Waals surface area contributed by atoms with E-state index in [9.17, 15) is 22.8 Å². The van der Waals surface area contributed by atoms with Gasteiger partial charge in [0.1, 0.15) is 0 Å². The van der Waals surface area contributed by atoms with Crippen molar-refractivity contribution in [2.45, 2.75) is 12.7 Å². The highest BCUT2D eigenvalue weighted by atomic mass is 79.9. The first-order valence-electron chi connectivity index (χ1n) is 7.10. The molecule has 1 heterocycles. The topological polar surface area (TPSA) is 62.6 Å². The molecule has 0 unspecified atom stereocenters. The third-order valence-corrected chi connectivity index (χ3v) is 3.75. The first-order valence-corrected chi connectivity index (χ1v) is 7.90. The van der Waals surface area contributed by atoms with Crippen molar-refractivity contribution in [1.29, 1.82) is 0 Å². The molecule has 0 atom stereocenters. The Balaban J connectivity index is 1.86. The fourth-order valence-corrected chi connectivity index (χ4v) is 2.28. The summed E-state index contributed by atoms with van der Waals surface area (Å²) in [5, 5.41) is 2.41. The van der Waals surface area contributed by atoms with Gasteiger partial charge in [0, 0.05) is 13.6 Å². The number of furan rings is 1. The van der Waals surface area contributed by atoms with Gasteiger partial charge in [0.25, 0.3) is 5.91 Å².